The van der Waals surface area contributed by atoms with Gasteiger partial charge in [0, 0.05) is 78.5 Å². The molecule has 0 heterocycles. The van der Waals surface area contributed by atoms with E-state index in [1.54, 1.807) is 0 Å². The van der Waals surface area contributed by atoms with Crippen molar-refractivity contribution in [2.75, 3.05) is 78.5 Å². The van der Waals surface area contributed by atoms with Crippen LogP contribution < -0.4 is 159 Å². The molecule has 0 unspecified atom stereocenters. The largest absolute Gasteiger partial charge is 1.00 e. The Balaban J connectivity index is -0.000000150. The van der Waals surface area contributed by atoms with Crippen LogP contribution in [0.3, 0.4) is 0 Å². The summed E-state index contributed by atoms with van der Waals surface area (Å²) in [6.45, 7) is -6.50. The molecule has 0 aromatic heterocycles. The fraction of sp³-hybridized carbons (Fsp3) is 0.600. The molecule has 0 saturated carbocycles. The second kappa shape index (κ2) is 32.5. The molecule has 0 aromatic rings. The van der Waals surface area contributed by atoms with Crippen LogP contribution in [0.1, 0.15) is 0 Å². The Bertz CT molecular complexity index is 722. The summed E-state index contributed by atoms with van der Waals surface area (Å²) in [5.41, 5.74) is 0. The predicted octanol–water partition coefficient (Wildman–Crippen LogP) is -26.8. The first-order chi connectivity index (χ1) is 18.4. The van der Waals surface area contributed by atoms with E-state index in [1.807, 2.05) is 0 Å². The minimum absolute atomic E-state index is 0. The standard InChI is InChI=1S/2C10H16N2O8.4Na/c2*13-7(14)3-11(4-8(15)16)1-2-12(5-9(17)18)6-10(19)20;;;;/h2*1-6H2,(H,13,14)(H,15,16)(H,17,18)(H,19,20);;;;/q;;4*+1/p-8. The number of nitrogens with zero attached hydrogens (tertiary/aromatic N) is 4. The SMILES string of the molecule is O=C([O-])CN(CCN(CC(=O)[O-])CC(=O)[O-])CC(=O)[O-].O=C([O-])CN(CCN(CC(=O)[O-])CC(=O)[O-])CC(=O)[O-].[Na+].[Na+].[Na+].[Na+]. The summed E-state index contributed by atoms with van der Waals surface area (Å²) in [5.74, 6) is -12.2. The Morgan fingerprint density at radius 3 is 0.432 bits per heavy atom. The van der Waals surface area contributed by atoms with Gasteiger partial charge in [-0.25, -0.2) is 0 Å². The van der Waals surface area contributed by atoms with Gasteiger partial charge in [0.2, 0.25) is 0 Å². The summed E-state index contributed by atoms with van der Waals surface area (Å²) in [6, 6.07) is 0. The summed E-state index contributed by atoms with van der Waals surface area (Å²) < 4.78 is 0. The molecule has 0 N–H and O–H groups in total. The van der Waals surface area contributed by atoms with E-state index in [-0.39, 0.29) is 144 Å². The minimum Gasteiger partial charge on any atom is -0.549 e. The quantitative estimate of drug-likeness (QED) is 0.0966. The Morgan fingerprint density at radius 2 is 0.364 bits per heavy atom. The minimum atomic E-state index is -1.53. The third-order valence-electron chi connectivity index (χ3n) is 4.29. The van der Waals surface area contributed by atoms with Crippen LogP contribution in [0.2, 0.25) is 0 Å². The van der Waals surface area contributed by atoms with Gasteiger partial charge in [-0.15, -0.1) is 0 Å². The molecular formula is C20H24N4Na4O16-4. The van der Waals surface area contributed by atoms with Gasteiger partial charge in [-0.05, 0) is 0 Å². The number of carbonyl (C=O) groups is 8. The van der Waals surface area contributed by atoms with Gasteiger partial charge in [0.1, 0.15) is 0 Å². The third-order valence-corrected chi connectivity index (χ3v) is 4.29. The topological polar surface area (TPSA) is 334 Å². The second-order valence-electron chi connectivity index (χ2n) is 7.82. The van der Waals surface area contributed by atoms with E-state index in [2.05, 4.69) is 0 Å². The predicted molar refractivity (Wildman–Crippen MR) is 106 cm³/mol. The summed E-state index contributed by atoms with van der Waals surface area (Å²) in [4.78, 5) is 86.8. The summed E-state index contributed by atoms with van der Waals surface area (Å²) in [6.07, 6.45) is 0. The van der Waals surface area contributed by atoms with E-state index in [0.717, 1.165) is 19.6 Å². The molecule has 0 bridgehead atoms. The smallest absolute Gasteiger partial charge is 0.549 e. The molecule has 0 rings (SSSR count). The van der Waals surface area contributed by atoms with Crippen LogP contribution in [0.4, 0.5) is 0 Å². The number of aliphatic carboxylic acids is 8. The first-order valence-electron chi connectivity index (χ1n) is 10.9. The van der Waals surface area contributed by atoms with E-state index in [4.69, 9.17) is 0 Å². The molecular weight excluding hydrogens is 644 g/mol. The van der Waals surface area contributed by atoms with Gasteiger partial charge in [0.15, 0.2) is 0 Å². The maximum Gasteiger partial charge on any atom is 1.00 e. The molecule has 0 aromatic carbocycles. The molecule has 24 heteroatoms. The molecule has 0 aliphatic rings. The van der Waals surface area contributed by atoms with Crippen LogP contribution in [-0.4, -0.2) is 146 Å². The molecule has 0 radical (unpaired) electrons. The number of carboxylic acids is 8. The van der Waals surface area contributed by atoms with Crippen molar-refractivity contribution in [2.24, 2.45) is 0 Å². The Labute approximate surface area is 339 Å². The van der Waals surface area contributed by atoms with Crippen LogP contribution >= 0.6 is 0 Å². The van der Waals surface area contributed by atoms with E-state index < -0.39 is 100 Å². The number of rotatable bonds is 22. The second-order valence-corrected chi connectivity index (χ2v) is 7.82. The fourth-order valence-corrected chi connectivity index (χ4v) is 2.88. The van der Waals surface area contributed by atoms with Gasteiger partial charge in [0.05, 0.1) is 47.8 Å². The summed E-state index contributed by atoms with van der Waals surface area (Å²) in [5, 5.41) is 83.2. The molecule has 0 spiro atoms. The van der Waals surface area contributed by atoms with Gasteiger partial charge in [0.25, 0.3) is 0 Å². The van der Waals surface area contributed by atoms with Gasteiger partial charge < -0.3 is 79.2 Å². The molecule has 0 atom stereocenters. The van der Waals surface area contributed by atoms with Crippen LogP contribution in [0.15, 0.2) is 0 Å². The van der Waals surface area contributed by atoms with Gasteiger partial charge >= 0.3 is 118 Å². The van der Waals surface area contributed by atoms with Crippen molar-refractivity contribution < 1.29 is 197 Å². The monoisotopic (exact) mass is 668 g/mol. The average molecular weight is 668 g/mol. The first-order valence-corrected chi connectivity index (χ1v) is 10.9. The van der Waals surface area contributed by atoms with Crippen LogP contribution in [0.5, 0.6) is 0 Å². The molecule has 0 fully saturated rings. The Hall–Kier alpha value is -0.400. The maximum atomic E-state index is 10.4. The molecule has 0 amide bonds. The zero-order valence-corrected chi connectivity index (χ0v) is 32.8. The number of hydrogen-bond donors (Lipinski definition) is 0. The fourth-order valence-electron chi connectivity index (χ4n) is 2.88. The normalized spacial score (nSPS) is 9.73. The number of carboxylic acid groups (broad SMARTS) is 8. The molecule has 228 valence electrons. The van der Waals surface area contributed by atoms with Crippen molar-refractivity contribution >= 4 is 47.8 Å². The Kier molecular flexibility index (Phi) is 41.4. The first kappa shape index (κ1) is 56.0. The molecule has 0 aliphatic heterocycles. The van der Waals surface area contributed by atoms with Crippen LogP contribution in [0, 0.1) is 0 Å². The van der Waals surface area contributed by atoms with Gasteiger partial charge in [-0.3, -0.25) is 19.6 Å². The van der Waals surface area contributed by atoms with Crippen molar-refractivity contribution in [3.63, 3.8) is 0 Å². The van der Waals surface area contributed by atoms with Crippen molar-refractivity contribution in [3.05, 3.63) is 0 Å². The molecule has 0 saturated heterocycles. The van der Waals surface area contributed by atoms with E-state index in [1.165, 1.54) is 0 Å². The molecule has 0 aliphatic carbocycles. The van der Waals surface area contributed by atoms with Crippen molar-refractivity contribution in [1.82, 2.24) is 19.6 Å². The molecule has 20 nitrogen and oxygen atoms in total. The maximum absolute atomic E-state index is 10.4. The van der Waals surface area contributed by atoms with E-state index in [9.17, 15) is 79.2 Å². The van der Waals surface area contributed by atoms with Crippen LogP contribution in [0.25, 0.3) is 0 Å². The van der Waals surface area contributed by atoms with Gasteiger partial charge in [-0.2, -0.15) is 0 Å². The van der Waals surface area contributed by atoms with Crippen molar-refractivity contribution in [3.8, 4) is 0 Å². The third kappa shape index (κ3) is 39.6. The van der Waals surface area contributed by atoms with Crippen molar-refractivity contribution in [1.29, 1.82) is 0 Å². The number of hydrogen-bond acceptors (Lipinski definition) is 20. The number of carbonyl (C=O) groups excluding carboxylic acids is 8. The zero-order chi connectivity index (χ0) is 31.4. The summed E-state index contributed by atoms with van der Waals surface area (Å²) in [7, 11) is 0. The van der Waals surface area contributed by atoms with Crippen LogP contribution in [-0.2, 0) is 38.4 Å². The Morgan fingerprint density at radius 1 is 0.273 bits per heavy atom. The van der Waals surface area contributed by atoms with E-state index >= 15 is 0 Å². The van der Waals surface area contributed by atoms with Gasteiger partial charge in [-0.1, -0.05) is 0 Å². The summed E-state index contributed by atoms with van der Waals surface area (Å²) >= 11 is 0. The molecule has 44 heavy (non-hydrogen) atoms. The zero-order valence-electron chi connectivity index (χ0n) is 24.8. The average Bonchev–Trinajstić information content (AvgIpc) is 2.72. The van der Waals surface area contributed by atoms with Crippen molar-refractivity contribution in [2.45, 2.75) is 0 Å². The van der Waals surface area contributed by atoms with E-state index in [0.29, 0.717) is 0 Å².